The number of hydrogen-bond acceptors (Lipinski definition) is 7. The van der Waals surface area contributed by atoms with E-state index in [1.807, 2.05) is 58.0 Å². The van der Waals surface area contributed by atoms with Gasteiger partial charge < -0.3 is 31.1 Å². The summed E-state index contributed by atoms with van der Waals surface area (Å²) in [7, 11) is 0. The van der Waals surface area contributed by atoms with Crippen LogP contribution in [0, 0.1) is 11.8 Å². The SMILES string of the molecule is CC(C)C[C@H](NC(=O)C(=O)OCc1ccccc1)C(=O)N[C@@H](CC(C)C)C(=O)N[C@@H](CCC(=O)O)C(=O)Nc1ccc2ccccc2c1. The van der Waals surface area contributed by atoms with E-state index in [0.717, 1.165) is 10.8 Å². The molecule has 12 heteroatoms. The summed E-state index contributed by atoms with van der Waals surface area (Å²) in [4.78, 5) is 76.9. The molecule has 0 radical (unpaired) electrons. The van der Waals surface area contributed by atoms with Gasteiger partial charge in [-0.1, -0.05) is 88.4 Å². The third-order valence-corrected chi connectivity index (χ3v) is 7.36. The first kappa shape index (κ1) is 37.2. The van der Waals surface area contributed by atoms with Crippen molar-refractivity contribution in [1.29, 1.82) is 0 Å². The van der Waals surface area contributed by atoms with Crippen molar-refractivity contribution < 1.29 is 38.6 Å². The van der Waals surface area contributed by atoms with E-state index in [0.29, 0.717) is 11.3 Å². The van der Waals surface area contributed by atoms with E-state index in [-0.39, 0.29) is 44.1 Å². The predicted octanol–water partition coefficient (Wildman–Crippen LogP) is 3.93. The van der Waals surface area contributed by atoms with Gasteiger partial charge in [0.25, 0.3) is 0 Å². The lowest BCUT2D eigenvalue weighted by Crippen LogP contribution is -2.57. The Bertz CT molecular complexity index is 1590. The molecule has 5 N–H and O–H groups in total. The molecule has 0 aliphatic carbocycles. The number of carboxylic acid groups (broad SMARTS) is 1. The molecule has 3 aromatic carbocycles. The summed E-state index contributed by atoms with van der Waals surface area (Å²) in [6, 6.07) is 18.2. The van der Waals surface area contributed by atoms with Gasteiger partial charge in [-0.05, 0) is 59.6 Å². The lowest BCUT2D eigenvalue weighted by atomic mass is 9.99. The zero-order valence-electron chi connectivity index (χ0n) is 27.7. The first-order valence-electron chi connectivity index (χ1n) is 16.0. The number of hydrogen-bond donors (Lipinski definition) is 5. The van der Waals surface area contributed by atoms with Crippen molar-refractivity contribution in [1.82, 2.24) is 16.0 Å². The Hall–Kier alpha value is -5.26. The van der Waals surface area contributed by atoms with Crippen LogP contribution in [-0.4, -0.2) is 58.8 Å². The Morgan fingerprint density at radius 1 is 0.667 bits per heavy atom. The molecular weight excluding hydrogens is 616 g/mol. The molecule has 0 aliphatic heterocycles. The van der Waals surface area contributed by atoms with Gasteiger partial charge in [0, 0.05) is 12.1 Å². The summed E-state index contributed by atoms with van der Waals surface area (Å²) in [5, 5.41) is 21.6. The molecule has 12 nitrogen and oxygen atoms in total. The van der Waals surface area contributed by atoms with Gasteiger partial charge in [-0.15, -0.1) is 0 Å². The van der Waals surface area contributed by atoms with Crippen LogP contribution in [0.3, 0.4) is 0 Å². The van der Waals surface area contributed by atoms with Crippen LogP contribution < -0.4 is 21.3 Å². The summed E-state index contributed by atoms with van der Waals surface area (Å²) in [5.41, 5.74) is 1.15. The normalized spacial score (nSPS) is 12.9. The summed E-state index contributed by atoms with van der Waals surface area (Å²) >= 11 is 0. The van der Waals surface area contributed by atoms with E-state index >= 15 is 0 Å². The molecular formula is C36H44N4O8. The number of fused-ring (bicyclic) bond motifs is 1. The van der Waals surface area contributed by atoms with Crippen LogP contribution >= 0.6 is 0 Å². The number of benzene rings is 3. The second kappa shape index (κ2) is 18.2. The van der Waals surface area contributed by atoms with Crippen molar-refractivity contribution in [3.05, 3.63) is 78.4 Å². The molecule has 48 heavy (non-hydrogen) atoms. The van der Waals surface area contributed by atoms with Crippen molar-refractivity contribution in [2.45, 2.75) is 78.1 Å². The van der Waals surface area contributed by atoms with Crippen LogP contribution in [0.5, 0.6) is 0 Å². The first-order chi connectivity index (χ1) is 22.8. The fourth-order valence-electron chi connectivity index (χ4n) is 4.99. The van der Waals surface area contributed by atoms with Gasteiger partial charge in [-0.3, -0.25) is 24.0 Å². The molecule has 3 rings (SSSR count). The van der Waals surface area contributed by atoms with E-state index in [2.05, 4.69) is 21.3 Å². The number of rotatable bonds is 16. The Kier molecular flexibility index (Phi) is 14.1. The van der Waals surface area contributed by atoms with Gasteiger partial charge in [-0.2, -0.15) is 0 Å². The second-order valence-corrected chi connectivity index (χ2v) is 12.5. The van der Waals surface area contributed by atoms with E-state index in [1.165, 1.54) is 0 Å². The molecule has 4 amide bonds. The van der Waals surface area contributed by atoms with Crippen LogP contribution in [-0.2, 0) is 40.1 Å². The molecule has 3 atom stereocenters. The number of nitrogens with one attached hydrogen (secondary N) is 4. The Balaban J connectivity index is 1.72. The topological polar surface area (TPSA) is 180 Å². The highest BCUT2D eigenvalue weighted by molar-refractivity contribution is 6.32. The average molecular weight is 661 g/mol. The fraction of sp³-hybridized carbons (Fsp3) is 0.389. The standard InChI is InChI=1S/C36H44N4O8/c1-22(2)18-29(39-34(45)30(19-23(3)4)40-35(46)36(47)48-21-24-10-6-5-7-11-24)33(44)38-28(16-17-31(41)42)32(43)37-27-15-14-25-12-8-9-13-26(25)20-27/h5-15,20,22-23,28-30H,16-19,21H2,1-4H3,(H,37,43)(H,38,44)(H,39,45)(H,40,46)(H,41,42)/t28-,29-,30-/m0/s1. The number of aliphatic carboxylic acids is 1. The number of ether oxygens (including phenoxy) is 1. The molecule has 3 aromatic rings. The maximum absolute atomic E-state index is 13.6. The van der Waals surface area contributed by atoms with E-state index in [9.17, 15) is 33.9 Å². The van der Waals surface area contributed by atoms with Crippen LogP contribution in [0.1, 0.15) is 58.9 Å². The van der Waals surface area contributed by atoms with Crippen molar-refractivity contribution in [3.8, 4) is 0 Å². The molecule has 256 valence electrons. The molecule has 0 heterocycles. The predicted molar refractivity (Wildman–Crippen MR) is 180 cm³/mol. The maximum Gasteiger partial charge on any atom is 0.397 e. The summed E-state index contributed by atoms with van der Waals surface area (Å²) in [6.45, 7) is 7.23. The monoisotopic (exact) mass is 660 g/mol. The van der Waals surface area contributed by atoms with Gasteiger partial charge in [0.05, 0.1) is 0 Å². The summed E-state index contributed by atoms with van der Waals surface area (Å²) in [6.07, 6.45) is -0.244. The number of anilines is 1. The third kappa shape index (κ3) is 12.2. The molecule has 0 aromatic heterocycles. The van der Waals surface area contributed by atoms with Crippen molar-refractivity contribution >= 4 is 52.0 Å². The largest absolute Gasteiger partial charge is 0.481 e. The van der Waals surface area contributed by atoms with Gasteiger partial charge >= 0.3 is 17.8 Å². The van der Waals surface area contributed by atoms with E-state index < -0.39 is 53.7 Å². The minimum Gasteiger partial charge on any atom is -0.481 e. The van der Waals surface area contributed by atoms with Gasteiger partial charge in [0.2, 0.25) is 17.7 Å². The average Bonchev–Trinajstić information content (AvgIpc) is 3.04. The lowest BCUT2D eigenvalue weighted by Gasteiger charge is -2.26. The Morgan fingerprint density at radius 3 is 1.83 bits per heavy atom. The Labute approximate surface area is 280 Å². The molecule has 0 saturated carbocycles. The van der Waals surface area contributed by atoms with E-state index in [1.54, 1.807) is 42.5 Å². The number of carbonyl (C=O) groups is 6. The highest BCUT2D eigenvalue weighted by atomic mass is 16.5. The van der Waals surface area contributed by atoms with E-state index in [4.69, 9.17) is 4.74 Å². The van der Waals surface area contributed by atoms with Crippen LogP contribution in [0.15, 0.2) is 72.8 Å². The minimum absolute atomic E-state index is 0.0713. The zero-order valence-corrected chi connectivity index (χ0v) is 27.7. The minimum atomic E-state index is -1.22. The van der Waals surface area contributed by atoms with Gasteiger partial charge in [0.1, 0.15) is 24.7 Å². The van der Waals surface area contributed by atoms with Crippen molar-refractivity contribution in [2.24, 2.45) is 11.8 Å². The molecule has 0 saturated heterocycles. The zero-order chi connectivity index (χ0) is 35.2. The molecule has 0 aliphatic rings. The highest BCUT2D eigenvalue weighted by Gasteiger charge is 2.32. The number of carboxylic acids is 1. The highest BCUT2D eigenvalue weighted by Crippen LogP contribution is 2.19. The Morgan fingerprint density at radius 2 is 1.23 bits per heavy atom. The van der Waals surface area contributed by atoms with Crippen molar-refractivity contribution in [2.75, 3.05) is 5.32 Å². The van der Waals surface area contributed by atoms with Crippen LogP contribution in [0.25, 0.3) is 10.8 Å². The molecule has 0 unspecified atom stereocenters. The van der Waals surface area contributed by atoms with Crippen LogP contribution in [0.4, 0.5) is 5.69 Å². The summed E-state index contributed by atoms with van der Waals surface area (Å²) in [5.74, 6) is -5.56. The first-order valence-corrected chi connectivity index (χ1v) is 16.0. The smallest absolute Gasteiger partial charge is 0.397 e. The lowest BCUT2D eigenvalue weighted by molar-refractivity contribution is -0.156. The van der Waals surface area contributed by atoms with Crippen molar-refractivity contribution in [3.63, 3.8) is 0 Å². The maximum atomic E-state index is 13.6. The number of amides is 4. The quantitative estimate of drug-likeness (QED) is 0.113. The molecule has 0 bridgehead atoms. The van der Waals surface area contributed by atoms with Gasteiger partial charge in [0.15, 0.2) is 0 Å². The second-order valence-electron chi connectivity index (χ2n) is 12.5. The summed E-state index contributed by atoms with van der Waals surface area (Å²) < 4.78 is 5.09. The van der Waals surface area contributed by atoms with Gasteiger partial charge in [-0.25, -0.2) is 4.79 Å². The number of esters is 1. The fourth-order valence-corrected chi connectivity index (χ4v) is 4.99. The molecule has 0 fully saturated rings. The molecule has 0 spiro atoms. The number of carbonyl (C=O) groups excluding carboxylic acids is 5. The van der Waals surface area contributed by atoms with Crippen LogP contribution in [0.2, 0.25) is 0 Å². The third-order valence-electron chi connectivity index (χ3n) is 7.36.